The normalized spacial score (nSPS) is 14.6. The first-order chi connectivity index (χ1) is 13.2. The van der Waals surface area contributed by atoms with Crippen molar-refractivity contribution in [3.8, 4) is 16.3 Å². The molecule has 1 atom stereocenters. The van der Waals surface area contributed by atoms with Crippen LogP contribution in [0.2, 0.25) is 0 Å². The smallest absolute Gasteiger partial charge is 0.226 e. The third kappa shape index (κ3) is 4.37. The number of nitrogens with zero attached hydrogens (tertiary/aromatic N) is 1. The number of rotatable bonds is 7. The summed E-state index contributed by atoms with van der Waals surface area (Å²) in [6.07, 6.45) is 2.63. The average Bonchev–Trinajstić information content (AvgIpc) is 3.45. The van der Waals surface area contributed by atoms with E-state index in [4.69, 9.17) is 4.74 Å². The Morgan fingerprint density at radius 3 is 2.59 bits per heavy atom. The van der Waals surface area contributed by atoms with Crippen molar-refractivity contribution in [2.45, 2.75) is 25.3 Å². The molecular formula is C22H22N2O2S. The number of carbonyl (C=O) groups excluding carboxylic acids is 1. The van der Waals surface area contributed by atoms with E-state index in [-0.39, 0.29) is 11.9 Å². The fourth-order valence-electron chi connectivity index (χ4n) is 3.20. The molecule has 1 saturated carbocycles. The number of ether oxygens (including phenoxy) is 1. The van der Waals surface area contributed by atoms with Crippen molar-refractivity contribution in [1.29, 1.82) is 0 Å². The second-order valence-corrected chi connectivity index (χ2v) is 7.70. The van der Waals surface area contributed by atoms with Crippen LogP contribution in [0.25, 0.3) is 10.6 Å². The van der Waals surface area contributed by atoms with Gasteiger partial charge in [-0.05, 0) is 36.5 Å². The highest BCUT2D eigenvalue weighted by Crippen LogP contribution is 2.41. The summed E-state index contributed by atoms with van der Waals surface area (Å²) in [6.45, 7) is 0. The third-order valence-electron chi connectivity index (χ3n) is 4.80. The SMILES string of the molecule is COc1ccc([C@H](NC(=O)Cc2csc(-c3ccccc3)n2)C2CC2)cc1. The number of aromatic nitrogens is 1. The molecule has 1 amide bonds. The van der Waals surface area contributed by atoms with Gasteiger partial charge < -0.3 is 10.1 Å². The Bertz CT molecular complexity index is 902. The van der Waals surface area contributed by atoms with Crippen LogP contribution in [-0.4, -0.2) is 18.0 Å². The van der Waals surface area contributed by atoms with Crippen LogP contribution in [-0.2, 0) is 11.2 Å². The van der Waals surface area contributed by atoms with Crippen molar-refractivity contribution >= 4 is 17.2 Å². The molecule has 1 N–H and O–H groups in total. The largest absolute Gasteiger partial charge is 0.497 e. The molecule has 0 saturated heterocycles. The number of nitrogens with one attached hydrogen (secondary N) is 1. The molecule has 0 unspecified atom stereocenters. The number of benzene rings is 2. The Hall–Kier alpha value is -2.66. The van der Waals surface area contributed by atoms with Gasteiger partial charge in [-0.1, -0.05) is 42.5 Å². The fraction of sp³-hybridized carbons (Fsp3) is 0.273. The second-order valence-electron chi connectivity index (χ2n) is 6.84. The molecule has 3 aromatic rings. The lowest BCUT2D eigenvalue weighted by Gasteiger charge is -2.19. The van der Waals surface area contributed by atoms with Crippen LogP contribution in [0.5, 0.6) is 5.75 Å². The minimum absolute atomic E-state index is 0.0210. The van der Waals surface area contributed by atoms with Gasteiger partial charge in [0.2, 0.25) is 5.91 Å². The summed E-state index contributed by atoms with van der Waals surface area (Å²) in [7, 11) is 1.66. The second kappa shape index (κ2) is 7.92. The van der Waals surface area contributed by atoms with Crippen LogP contribution >= 0.6 is 11.3 Å². The van der Waals surface area contributed by atoms with E-state index in [0.29, 0.717) is 12.3 Å². The topological polar surface area (TPSA) is 51.2 Å². The van der Waals surface area contributed by atoms with Crippen LogP contribution in [0.1, 0.15) is 30.1 Å². The number of amides is 1. The predicted octanol–water partition coefficient (Wildman–Crippen LogP) is 4.63. The predicted molar refractivity (Wildman–Crippen MR) is 108 cm³/mol. The first-order valence-electron chi connectivity index (χ1n) is 9.16. The Morgan fingerprint density at radius 1 is 1.19 bits per heavy atom. The van der Waals surface area contributed by atoms with Crippen LogP contribution < -0.4 is 10.1 Å². The summed E-state index contributed by atoms with van der Waals surface area (Å²) in [5.41, 5.74) is 3.04. The van der Waals surface area contributed by atoms with E-state index in [0.717, 1.165) is 40.4 Å². The van der Waals surface area contributed by atoms with Gasteiger partial charge in [-0.15, -0.1) is 11.3 Å². The minimum Gasteiger partial charge on any atom is -0.497 e. The van der Waals surface area contributed by atoms with Gasteiger partial charge in [-0.3, -0.25) is 4.79 Å². The number of carbonyl (C=O) groups is 1. The van der Waals surface area contributed by atoms with Gasteiger partial charge >= 0.3 is 0 Å². The van der Waals surface area contributed by atoms with E-state index in [1.807, 2.05) is 60.0 Å². The summed E-state index contributed by atoms with van der Waals surface area (Å²) >= 11 is 1.58. The molecule has 5 heteroatoms. The molecule has 4 nitrogen and oxygen atoms in total. The van der Waals surface area contributed by atoms with E-state index in [1.54, 1.807) is 18.4 Å². The highest BCUT2D eigenvalue weighted by molar-refractivity contribution is 7.13. The summed E-state index contributed by atoms with van der Waals surface area (Å²) in [6, 6.07) is 18.1. The molecular weight excluding hydrogens is 356 g/mol. The summed E-state index contributed by atoms with van der Waals surface area (Å²) < 4.78 is 5.23. The number of thiazole rings is 1. The molecule has 1 aromatic heterocycles. The standard InChI is InChI=1S/C22H22N2O2S/c1-26-19-11-9-16(10-12-19)21(15-7-8-15)24-20(25)13-18-14-27-22(23-18)17-5-3-2-4-6-17/h2-6,9-12,14-15,21H,7-8,13H2,1H3,(H,24,25)/t21-/m1/s1. The Labute approximate surface area is 163 Å². The highest BCUT2D eigenvalue weighted by Gasteiger charge is 2.33. The van der Waals surface area contributed by atoms with Gasteiger partial charge in [0.25, 0.3) is 0 Å². The maximum atomic E-state index is 12.6. The van der Waals surface area contributed by atoms with Gasteiger partial charge in [0.15, 0.2) is 0 Å². The zero-order chi connectivity index (χ0) is 18.6. The molecule has 27 heavy (non-hydrogen) atoms. The summed E-state index contributed by atoms with van der Waals surface area (Å²) in [4.78, 5) is 17.3. The molecule has 4 rings (SSSR count). The third-order valence-corrected chi connectivity index (χ3v) is 5.74. The maximum absolute atomic E-state index is 12.6. The molecule has 0 bridgehead atoms. The Balaban J connectivity index is 1.42. The zero-order valence-electron chi connectivity index (χ0n) is 15.2. The Morgan fingerprint density at radius 2 is 1.93 bits per heavy atom. The van der Waals surface area contributed by atoms with Crippen molar-refractivity contribution in [1.82, 2.24) is 10.3 Å². The highest BCUT2D eigenvalue weighted by atomic mass is 32.1. The van der Waals surface area contributed by atoms with E-state index in [1.165, 1.54) is 0 Å². The fourth-order valence-corrected chi connectivity index (χ4v) is 4.03. The first kappa shape index (κ1) is 17.7. The van der Waals surface area contributed by atoms with Crippen molar-refractivity contribution in [3.05, 3.63) is 71.2 Å². The maximum Gasteiger partial charge on any atom is 0.226 e. The lowest BCUT2D eigenvalue weighted by atomic mass is 10.0. The van der Waals surface area contributed by atoms with Crippen LogP contribution in [0.4, 0.5) is 0 Å². The number of hydrogen-bond donors (Lipinski definition) is 1. The van der Waals surface area contributed by atoms with E-state index in [2.05, 4.69) is 10.3 Å². The van der Waals surface area contributed by atoms with Crippen LogP contribution in [0, 0.1) is 5.92 Å². The average molecular weight is 378 g/mol. The van der Waals surface area contributed by atoms with Crippen molar-refractivity contribution < 1.29 is 9.53 Å². The molecule has 1 aliphatic rings. The monoisotopic (exact) mass is 378 g/mol. The molecule has 2 aromatic carbocycles. The quantitative estimate of drug-likeness (QED) is 0.652. The molecule has 1 aliphatic carbocycles. The van der Waals surface area contributed by atoms with Crippen molar-refractivity contribution in [2.24, 2.45) is 5.92 Å². The van der Waals surface area contributed by atoms with Crippen molar-refractivity contribution in [3.63, 3.8) is 0 Å². The molecule has 0 spiro atoms. The van der Waals surface area contributed by atoms with Gasteiger partial charge in [0.1, 0.15) is 10.8 Å². The van der Waals surface area contributed by atoms with Crippen LogP contribution in [0.15, 0.2) is 60.0 Å². The molecule has 0 aliphatic heterocycles. The van der Waals surface area contributed by atoms with Gasteiger partial charge in [-0.2, -0.15) is 0 Å². The summed E-state index contributed by atoms with van der Waals surface area (Å²) in [5.74, 6) is 1.38. The number of methoxy groups -OCH3 is 1. The molecule has 138 valence electrons. The van der Waals surface area contributed by atoms with Gasteiger partial charge in [-0.25, -0.2) is 4.98 Å². The summed E-state index contributed by atoms with van der Waals surface area (Å²) in [5, 5.41) is 6.14. The van der Waals surface area contributed by atoms with Gasteiger partial charge in [0.05, 0.1) is 25.3 Å². The molecule has 1 fully saturated rings. The van der Waals surface area contributed by atoms with E-state index in [9.17, 15) is 4.79 Å². The lowest BCUT2D eigenvalue weighted by molar-refractivity contribution is -0.121. The first-order valence-corrected chi connectivity index (χ1v) is 10.0. The van der Waals surface area contributed by atoms with Crippen molar-refractivity contribution in [2.75, 3.05) is 7.11 Å². The van der Waals surface area contributed by atoms with Gasteiger partial charge in [0, 0.05) is 10.9 Å². The van der Waals surface area contributed by atoms with Crippen LogP contribution in [0.3, 0.4) is 0 Å². The molecule has 1 heterocycles. The molecule has 0 radical (unpaired) electrons. The lowest BCUT2D eigenvalue weighted by Crippen LogP contribution is -2.31. The zero-order valence-corrected chi connectivity index (χ0v) is 16.0. The van der Waals surface area contributed by atoms with E-state index < -0.39 is 0 Å². The number of hydrogen-bond acceptors (Lipinski definition) is 4. The Kier molecular flexibility index (Phi) is 5.21. The minimum atomic E-state index is 0.0210. The van der Waals surface area contributed by atoms with E-state index >= 15 is 0 Å².